The molecule has 0 spiro atoms. The molecular formula is C24H23N3O2. The number of rotatable bonds is 5. The molecule has 1 amide bonds. The van der Waals surface area contributed by atoms with Gasteiger partial charge in [0.25, 0.3) is 5.91 Å². The first kappa shape index (κ1) is 18.7. The summed E-state index contributed by atoms with van der Waals surface area (Å²) in [4.78, 5) is 17.1. The van der Waals surface area contributed by atoms with E-state index in [9.17, 15) is 4.79 Å². The fourth-order valence-electron chi connectivity index (χ4n) is 3.67. The summed E-state index contributed by atoms with van der Waals surface area (Å²) in [5.74, 6) is 0.607. The molecule has 0 bridgehead atoms. The number of aryl methyl sites for hydroxylation is 1. The Kier molecular flexibility index (Phi) is 5.04. The Bertz CT molecular complexity index is 1170. The van der Waals surface area contributed by atoms with Crippen molar-refractivity contribution in [3.63, 3.8) is 0 Å². The minimum absolute atomic E-state index is 0.117. The number of fused-ring (bicyclic) bond motifs is 1. The summed E-state index contributed by atoms with van der Waals surface area (Å²) < 4.78 is 7.81. The Morgan fingerprint density at radius 1 is 1.10 bits per heavy atom. The number of carbonyl (C=O) groups is 1. The SMILES string of the molecule is COc1c(-n2cnc(C)c2)cc2ccccc2c1C(C)NC(=O)c1ccccc1. The molecule has 1 atom stereocenters. The molecule has 146 valence electrons. The van der Waals surface area contributed by atoms with Gasteiger partial charge in [-0.25, -0.2) is 4.98 Å². The van der Waals surface area contributed by atoms with Gasteiger partial charge in [-0.3, -0.25) is 4.79 Å². The molecule has 4 rings (SSSR count). The highest BCUT2D eigenvalue weighted by Crippen LogP contribution is 2.38. The van der Waals surface area contributed by atoms with Crippen LogP contribution in [-0.4, -0.2) is 22.6 Å². The number of carbonyl (C=O) groups excluding carboxylic acids is 1. The molecule has 5 nitrogen and oxygen atoms in total. The highest BCUT2D eigenvalue weighted by molar-refractivity contribution is 5.96. The number of hydrogen-bond acceptors (Lipinski definition) is 3. The zero-order valence-corrected chi connectivity index (χ0v) is 16.7. The molecule has 1 heterocycles. The lowest BCUT2D eigenvalue weighted by atomic mass is 9.96. The quantitative estimate of drug-likeness (QED) is 0.535. The molecule has 1 unspecified atom stereocenters. The minimum atomic E-state index is -0.257. The van der Waals surface area contributed by atoms with E-state index in [4.69, 9.17) is 4.74 Å². The predicted molar refractivity (Wildman–Crippen MR) is 115 cm³/mol. The molecule has 0 saturated heterocycles. The third kappa shape index (κ3) is 3.59. The summed E-state index contributed by atoms with van der Waals surface area (Å²) in [6, 6.07) is 19.2. The second-order valence-corrected chi connectivity index (χ2v) is 7.05. The van der Waals surface area contributed by atoms with Gasteiger partial charge < -0.3 is 14.6 Å². The highest BCUT2D eigenvalue weighted by Gasteiger charge is 2.22. The van der Waals surface area contributed by atoms with Crippen LogP contribution in [0.2, 0.25) is 0 Å². The zero-order valence-electron chi connectivity index (χ0n) is 16.7. The van der Waals surface area contributed by atoms with Gasteiger partial charge >= 0.3 is 0 Å². The van der Waals surface area contributed by atoms with Gasteiger partial charge in [0.15, 0.2) is 0 Å². The first-order valence-electron chi connectivity index (χ1n) is 9.55. The molecule has 5 heteroatoms. The van der Waals surface area contributed by atoms with Gasteiger partial charge in [-0.05, 0) is 42.8 Å². The fraction of sp³-hybridized carbons (Fsp3) is 0.167. The zero-order chi connectivity index (χ0) is 20.4. The van der Waals surface area contributed by atoms with Crippen LogP contribution in [0, 0.1) is 6.92 Å². The van der Waals surface area contributed by atoms with Gasteiger partial charge in [0.05, 0.1) is 30.9 Å². The van der Waals surface area contributed by atoms with Crippen molar-refractivity contribution in [2.75, 3.05) is 7.11 Å². The lowest BCUT2D eigenvalue weighted by molar-refractivity contribution is 0.0940. The van der Waals surface area contributed by atoms with E-state index in [1.165, 1.54) is 0 Å². The largest absolute Gasteiger partial charge is 0.494 e. The number of hydrogen-bond donors (Lipinski definition) is 1. The van der Waals surface area contributed by atoms with Gasteiger partial charge in [0, 0.05) is 17.3 Å². The average molecular weight is 385 g/mol. The number of methoxy groups -OCH3 is 1. The number of amides is 1. The molecule has 3 aromatic carbocycles. The van der Waals surface area contributed by atoms with Gasteiger partial charge in [-0.1, -0.05) is 42.5 Å². The maximum Gasteiger partial charge on any atom is 0.251 e. The Labute approximate surface area is 170 Å². The van der Waals surface area contributed by atoms with E-state index < -0.39 is 0 Å². The van der Waals surface area contributed by atoms with Crippen molar-refractivity contribution in [1.82, 2.24) is 14.9 Å². The minimum Gasteiger partial charge on any atom is -0.494 e. The standard InChI is InChI=1S/C24H23N3O2/c1-16-14-27(15-25-16)21-13-19-11-7-8-12-20(19)22(23(21)29-3)17(2)26-24(28)18-9-5-4-6-10-18/h4-15,17H,1-3H3,(H,26,28). The Morgan fingerprint density at radius 2 is 1.83 bits per heavy atom. The topological polar surface area (TPSA) is 56.1 Å². The smallest absolute Gasteiger partial charge is 0.251 e. The van der Waals surface area contributed by atoms with E-state index in [2.05, 4.69) is 28.5 Å². The van der Waals surface area contributed by atoms with Crippen molar-refractivity contribution < 1.29 is 9.53 Å². The summed E-state index contributed by atoms with van der Waals surface area (Å²) in [5, 5.41) is 5.24. The number of nitrogens with zero attached hydrogens (tertiary/aromatic N) is 2. The fourth-order valence-corrected chi connectivity index (χ4v) is 3.67. The Hall–Kier alpha value is -3.60. The lowest BCUT2D eigenvalue weighted by Crippen LogP contribution is -2.27. The van der Waals surface area contributed by atoms with Gasteiger partial charge in [0.1, 0.15) is 5.75 Å². The second-order valence-electron chi connectivity index (χ2n) is 7.05. The number of imidazole rings is 1. The normalized spacial score (nSPS) is 12.0. The molecule has 29 heavy (non-hydrogen) atoms. The lowest BCUT2D eigenvalue weighted by Gasteiger charge is -2.22. The maximum atomic E-state index is 12.8. The van der Waals surface area contributed by atoms with Crippen molar-refractivity contribution in [3.8, 4) is 11.4 Å². The van der Waals surface area contributed by atoms with Crippen LogP contribution >= 0.6 is 0 Å². The van der Waals surface area contributed by atoms with Crippen molar-refractivity contribution in [2.45, 2.75) is 19.9 Å². The average Bonchev–Trinajstić information content (AvgIpc) is 3.18. The Morgan fingerprint density at radius 3 is 2.52 bits per heavy atom. The van der Waals surface area contributed by atoms with Crippen molar-refractivity contribution in [3.05, 3.63) is 90.0 Å². The van der Waals surface area contributed by atoms with Crippen LogP contribution in [0.1, 0.15) is 34.6 Å². The third-order valence-corrected chi connectivity index (χ3v) is 5.03. The first-order valence-corrected chi connectivity index (χ1v) is 9.55. The molecule has 0 fully saturated rings. The van der Waals surface area contributed by atoms with Crippen LogP contribution in [-0.2, 0) is 0 Å². The van der Waals surface area contributed by atoms with Gasteiger partial charge in [0.2, 0.25) is 0 Å². The number of benzene rings is 3. The molecule has 1 N–H and O–H groups in total. The van der Waals surface area contributed by atoms with E-state index >= 15 is 0 Å². The van der Waals surface area contributed by atoms with Gasteiger partial charge in [-0.15, -0.1) is 0 Å². The number of aromatic nitrogens is 2. The van der Waals surface area contributed by atoms with Gasteiger partial charge in [-0.2, -0.15) is 0 Å². The molecule has 0 aliphatic heterocycles. The van der Waals surface area contributed by atoms with Crippen LogP contribution in [0.5, 0.6) is 5.75 Å². The van der Waals surface area contributed by atoms with E-state index in [0.717, 1.165) is 33.5 Å². The van der Waals surface area contributed by atoms with Crippen LogP contribution in [0.3, 0.4) is 0 Å². The number of ether oxygens (including phenoxy) is 1. The van der Waals surface area contributed by atoms with Crippen LogP contribution in [0.4, 0.5) is 0 Å². The van der Waals surface area contributed by atoms with E-state index in [-0.39, 0.29) is 11.9 Å². The molecule has 0 aliphatic carbocycles. The molecule has 1 aromatic heterocycles. The first-order chi connectivity index (χ1) is 14.1. The van der Waals surface area contributed by atoms with E-state index in [0.29, 0.717) is 5.56 Å². The van der Waals surface area contributed by atoms with E-state index in [1.807, 2.05) is 67.1 Å². The maximum absolute atomic E-state index is 12.8. The summed E-state index contributed by atoms with van der Waals surface area (Å²) in [6.07, 6.45) is 3.74. The molecule has 0 saturated carbocycles. The predicted octanol–water partition coefficient (Wildman–Crippen LogP) is 4.83. The monoisotopic (exact) mass is 385 g/mol. The number of nitrogens with one attached hydrogen (secondary N) is 1. The highest BCUT2D eigenvalue weighted by atomic mass is 16.5. The summed E-state index contributed by atoms with van der Waals surface area (Å²) >= 11 is 0. The summed E-state index contributed by atoms with van der Waals surface area (Å²) in [6.45, 7) is 3.93. The van der Waals surface area contributed by atoms with Crippen molar-refractivity contribution >= 4 is 16.7 Å². The van der Waals surface area contributed by atoms with E-state index in [1.54, 1.807) is 13.4 Å². The van der Waals surface area contributed by atoms with Crippen molar-refractivity contribution in [1.29, 1.82) is 0 Å². The van der Waals surface area contributed by atoms with Crippen molar-refractivity contribution in [2.24, 2.45) is 0 Å². The summed E-state index contributed by atoms with van der Waals surface area (Å²) in [5.41, 5.74) is 3.38. The van der Waals surface area contributed by atoms with Crippen LogP contribution < -0.4 is 10.1 Å². The molecule has 0 radical (unpaired) electrons. The molecule has 4 aromatic rings. The third-order valence-electron chi connectivity index (χ3n) is 5.03. The Balaban J connectivity index is 1.84. The summed E-state index contributed by atoms with van der Waals surface area (Å²) in [7, 11) is 1.66. The van der Waals surface area contributed by atoms with Crippen LogP contribution in [0.25, 0.3) is 16.5 Å². The molecule has 0 aliphatic rings. The molecular weight excluding hydrogens is 362 g/mol. The van der Waals surface area contributed by atoms with Crippen LogP contribution in [0.15, 0.2) is 73.2 Å². The second kappa shape index (κ2) is 7.80.